The molecule has 2 rings (SSSR count). The van der Waals surface area contributed by atoms with Gasteiger partial charge in [0.1, 0.15) is 0 Å². The first-order chi connectivity index (χ1) is 6.96. The Morgan fingerprint density at radius 2 is 1.80 bits per heavy atom. The summed E-state index contributed by atoms with van der Waals surface area (Å²) in [5.74, 6) is -0.219. The van der Waals surface area contributed by atoms with E-state index in [0.29, 0.717) is 11.3 Å². The van der Waals surface area contributed by atoms with E-state index in [2.05, 4.69) is 15.5 Å². The molecule has 1 aliphatic rings. The Kier molecular flexibility index (Phi) is 2.40. The molecule has 0 saturated heterocycles. The minimum Gasteiger partial charge on any atom is -0.301 e. The van der Waals surface area contributed by atoms with Crippen molar-refractivity contribution in [2.75, 3.05) is 18.8 Å². The highest BCUT2D eigenvalue weighted by atomic mass is 79.9. The van der Waals surface area contributed by atoms with Gasteiger partial charge in [-0.25, -0.2) is 0 Å². The lowest BCUT2D eigenvalue weighted by molar-refractivity contribution is 0.0880. The van der Waals surface area contributed by atoms with Gasteiger partial charge >= 0.3 is 6.15 Å². The molecule has 0 saturated carbocycles. The summed E-state index contributed by atoms with van der Waals surface area (Å²) in [5, 5.41) is 0. The molecule has 1 unspecified atom stereocenters. The monoisotopic (exact) mass is 288 g/mol. The van der Waals surface area contributed by atoms with E-state index < -0.39 is 6.15 Å². The van der Waals surface area contributed by atoms with Crippen molar-refractivity contribution in [2.24, 2.45) is 0 Å². The van der Waals surface area contributed by atoms with Crippen LogP contribution in [0.1, 0.15) is 10.4 Å². The highest BCUT2D eigenvalue weighted by Crippen LogP contribution is 2.63. The number of fused-ring (bicyclic) bond motifs is 1. The Labute approximate surface area is 96.1 Å². The molecule has 4 nitrogen and oxygen atoms in total. The predicted octanol–water partition coefficient (Wildman–Crippen LogP) is 2.71. The summed E-state index contributed by atoms with van der Waals surface area (Å²) >= 11 is 3.12. The van der Waals surface area contributed by atoms with Crippen LogP contribution in [0.2, 0.25) is 0 Å². The van der Waals surface area contributed by atoms with Gasteiger partial charge < -0.3 is 4.67 Å². The van der Waals surface area contributed by atoms with Gasteiger partial charge in [-0.05, 0) is 12.1 Å². The van der Waals surface area contributed by atoms with Crippen molar-refractivity contribution in [3.63, 3.8) is 0 Å². The zero-order valence-electron chi connectivity index (χ0n) is 8.35. The normalized spacial score (nSPS) is 25.4. The van der Waals surface area contributed by atoms with Crippen LogP contribution in [0.15, 0.2) is 24.3 Å². The maximum atomic E-state index is 12.2. The molecule has 80 valence electrons. The molecule has 6 heteroatoms. The Hall–Kier alpha value is -0.800. The topological polar surface area (TPSA) is 40.6 Å². The number of benzene rings is 1. The molecule has 1 aromatic rings. The lowest BCUT2D eigenvalue weighted by Crippen LogP contribution is -2.34. The first kappa shape index (κ1) is 10.7. The van der Waals surface area contributed by atoms with Crippen molar-refractivity contribution >= 4 is 33.2 Å². The SMILES string of the molecule is CN1C(=O)c2ccccc2N(C)P1(=O)Br. The number of hydrogen-bond acceptors (Lipinski definition) is 2. The van der Waals surface area contributed by atoms with Crippen molar-refractivity contribution in [1.82, 2.24) is 4.67 Å². The van der Waals surface area contributed by atoms with E-state index in [1.807, 2.05) is 6.07 Å². The number of carbonyl (C=O) groups is 1. The average Bonchev–Trinajstić information content (AvgIpc) is 2.24. The third kappa shape index (κ3) is 1.42. The molecule has 0 radical (unpaired) electrons. The van der Waals surface area contributed by atoms with Gasteiger partial charge in [-0.3, -0.25) is 14.0 Å². The number of hydrogen-bond donors (Lipinski definition) is 0. The van der Waals surface area contributed by atoms with E-state index in [1.54, 1.807) is 29.9 Å². The first-order valence-electron chi connectivity index (χ1n) is 4.37. The van der Waals surface area contributed by atoms with Crippen LogP contribution in [0, 0.1) is 0 Å². The Morgan fingerprint density at radius 1 is 1.20 bits per heavy atom. The smallest absolute Gasteiger partial charge is 0.301 e. The molecule has 0 fully saturated rings. The van der Waals surface area contributed by atoms with Crippen molar-refractivity contribution < 1.29 is 9.36 Å². The summed E-state index contributed by atoms with van der Waals surface area (Å²) in [4.78, 5) is 11.9. The number of carbonyl (C=O) groups excluding carboxylic acids is 1. The Bertz CT molecular complexity index is 477. The van der Waals surface area contributed by atoms with Gasteiger partial charge in [0.15, 0.2) is 0 Å². The van der Waals surface area contributed by atoms with E-state index in [0.717, 1.165) is 0 Å². The largest absolute Gasteiger partial charge is 0.328 e. The van der Waals surface area contributed by atoms with Gasteiger partial charge in [0.2, 0.25) is 0 Å². The van der Waals surface area contributed by atoms with Gasteiger partial charge in [0.05, 0.1) is 11.3 Å². The number of halogens is 1. The van der Waals surface area contributed by atoms with Crippen LogP contribution in [-0.2, 0) is 4.57 Å². The van der Waals surface area contributed by atoms with E-state index in [-0.39, 0.29) is 5.91 Å². The number of rotatable bonds is 0. The van der Waals surface area contributed by atoms with Crippen molar-refractivity contribution in [2.45, 2.75) is 0 Å². The zero-order valence-corrected chi connectivity index (χ0v) is 10.8. The Morgan fingerprint density at radius 3 is 2.47 bits per heavy atom. The minimum absolute atomic E-state index is 0.219. The van der Waals surface area contributed by atoms with Crippen LogP contribution in [0.4, 0.5) is 5.69 Å². The summed E-state index contributed by atoms with van der Waals surface area (Å²) in [6.45, 7) is 0. The number of para-hydroxylation sites is 1. The molecule has 1 amide bonds. The third-order valence-electron chi connectivity index (χ3n) is 2.52. The number of amides is 1. The molecular formula is C9H10BrN2O2P. The fourth-order valence-corrected chi connectivity index (χ4v) is 3.68. The zero-order chi connectivity index (χ0) is 11.2. The van der Waals surface area contributed by atoms with Crippen LogP contribution in [0.3, 0.4) is 0 Å². The fourth-order valence-electron chi connectivity index (χ4n) is 1.56. The Balaban J connectivity index is 2.68. The molecule has 0 N–H and O–H groups in total. The number of nitrogens with zero attached hydrogens (tertiary/aromatic N) is 2. The molecule has 0 bridgehead atoms. The lowest BCUT2D eigenvalue weighted by atomic mass is 10.1. The van der Waals surface area contributed by atoms with Crippen molar-refractivity contribution in [3.8, 4) is 0 Å². The van der Waals surface area contributed by atoms with E-state index in [4.69, 9.17) is 0 Å². The second-order valence-corrected chi connectivity index (χ2v) is 8.26. The molecule has 1 aromatic carbocycles. The molecule has 1 aliphatic heterocycles. The van der Waals surface area contributed by atoms with Crippen LogP contribution in [0.25, 0.3) is 0 Å². The first-order valence-corrected chi connectivity index (χ1v) is 8.01. The molecule has 0 spiro atoms. The minimum atomic E-state index is -2.93. The van der Waals surface area contributed by atoms with Crippen LogP contribution >= 0.6 is 21.6 Å². The van der Waals surface area contributed by atoms with Crippen LogP contribution in [0.5, 0.6) is 0 Å². The number of anilines is 1. The molecule has 1 atom stereocenters. The predicted molar refractivity (Wildman–Crippen MR) is 63.5 cm³/mol. The fraction of sp³-hybridized carbons (Fsp3) is 0.222. The van der Waals surface area contributed by atoms with Crippen LogP contribution < -0.4 is 4.67 Å². The quantitative estimate of drug-likeness (QED) is 0.689. The summed E-state index contributed by atoms with van der Waals surface area (Å²) in [6, 6.07) is 7.13. The standard InChI is InChI=1S/C9H10BrN2O2P/c1-11-8-6-4-3-5-7(8)9(13)12(2)15(11,10)14/h3-6H,1-2H3. The van der Waals surface area contributed by atoms with Gasteiger partial charge in [-0.2, -0.15) is 0 Å². The maximum Gasteiger partial charge on any atom is 0.328 e. The third-order valence-corrected chi connectivity index (χ3v) is 7.25. The molecule has 0 aromatic heterocycles. The van der Waals surface area contributed by atoms with Gasteiger partial charge in [0, 0.05) is 29.6 Å². The van der Waals surface area contributed by atoms with Crippen LogP contribution in [-0.4, -0.2) is 24.7 Å². The summed E-state index contributed by atoms with van der Waals surface area (Å²) < 4.78 is 15.1. The summed E-state index contributed by atoms with van der Waals surface area (Å²) in [5.41, 5.74) is 1.27. The second-order valence-electron chi connectivity index (χ2n) is 3.34. The lowest BCUT2D eigenvalue weighted by Gasteiger charge is -2.37. The highest BCUT2D eigenvalue weighted by Gasteiger charge is 2.40. The summed E-state index contributed by atoms with van der Waals surface area (Å²) in [7, 11) is 3.24. The summed E-state index contributed by atoms with van der Waals surface area (Å²) in [6.07, 6.45) is -2.93. The van der Waals surface area contributed by atoms with Crippen molar-refractivity contribution in [3.05, 3.63) is 29.8 Å². The molecule has 15 heavy (non-hydrogen) atoms. The van der Waals surface area contributed by atoms with Crippen molar-refractivity contribution in [1.29, 1.82) is 0 Å². The van der Waals surface area contributed by atoms with E-state index in [1.165, 1.54) is 11.7 Å². The van der Waals surface area contributed by atoms with Gasteiger partial charge in [-0.1, -0.05) is 12.1 Å². The van der Waals surface area contributed by atoms with E-state index in [9.17, 15) is 9.36 Å². The molecule has 0 aliphatic carbocycles. The van der Waals surface area contributed by atoms with Gasteiger partial charge in [-0.15, -0.1) is 0 Å². The highest BCUT2D eigenvalue weighted by molar-refractivity contribution is 9.40. The molecular weight excluding hydrogens is 279 g/mol. The van der Waals surface area contributed by atoms with E-state index >= 15 is 0 Å². The average molecular weight is 289 g/mol. The second kappa shape index (κ2) is 3.35. The molecule has 1 heterocycles. The maximum absolute atomic E-state index is 12.2. The van der Waals surface area contributed by atoms with Gasteiger partial charge in [0.25, 0.3) is 5.91 Å².